The molecule has 5 nitrogen and oxygen atoms in total. The summed E-state index contributed by atoms with van der Waals surface area (Å²) < 4.78 is 13.5. The average molecular weight is 361 g/mol. The molecule has 1 N–H and O–H groups in total. The molecule has 0 atom stereocenters. The van der Waals surface area contributed by atoms with E-state index in [9.17, 15) is 14.0 Å². The van der Waals surface area contributed by atoms with Crippen LogP contribution in [0.5, 0.6) is 0 Å². The van der Waals surface area contributed by atoms with Crippen molar-refractivity contribution in [2.24, 2.45) is 0 Å². The van der Waals surface area contributed by atoms with E-state index in [-0.39, 0.29) is 24.2 Å². The Hall–Kier alpha value is -2.41. The van der Waals surface area contributed by atoms with Crippen molar-refractivity contribution in [3.63, 3.8) is 0 Å². The van der Waals surface area contributed by atoms with Crippen molar-refractivity contribution in [2.45, 2.75) is 6.92 Å². The zero-order valence-electron chi connectivity index (χ0n) is 14.0. The number of amides is 2. The summed E-state index contributed by atoms with van der Waals surface area (Å²) in [6, 6.07) is 8.49. The molecule has 1 aliphatic rings. The van der Waals surface area contributed by atoms with Crippen molar-refractivity contribution in [2.75, 3.05) is 38.0 Å². The molecule has 1 aliphatic heterocycles. The molecule has 3 rings (SSSR count). The second-order valence-electron chi connectivity index (χ2n) is 5.97. The van der Waals surface area contributed by atoms with Gasteiger partial charge < -0.3 is 15.1 Å². The van der Waals surface area contributed by atoms with Gasteiger partial charge in [-0.1, -0.05) is 12.1 Å². The Labute approximate surface area is 150 Å². The van der Waals surface area contributed by atoms with Crippen molar-refractivity contribution in [1.82, 2.24) is 9.80 Å². The van der Waals surface area contributed by atoms with Crippen molar-refractivity contribution < 1.29 is 14.0 Å². The zero-order valence-corrected chi connectivity index (χ0v) is 14.8. The fourth-order valence-electron chi connectivity index (χ4n) is 2.71. The number of halogens is 1. The molecule has 0 bridgehead atoms. The molecule has 0 radical (unpaired) electrons. The van der Waals surface area contributed by atoms with Crippen molar-refractivity contribution in [3.05, 3.63) is 52.0 Å². The number of rotatable bonds is 4. The summed E-state index contributed by atoms with van der Waals surface area (Å²) in [5, 5.41) is 4.84. The summed E-state index contributed by atoms with van der Waals surface area (Å²) in [7, 11) is 0. The molecule has 0 spiro atoms. The van der Waals surface area contributed by atoms with Gasteiger partial charge in [0.25, 0.3) is 5.91 Å². The van der Waals surface area contributed by atoms with Gasteiger partial charge in [-0.25, -0.2) is 4.39 Å². The van der Waals surface area contributed by atoms with Crippen LogP contribution >= 0.6 is 11.3 Å². The third-order valence-electron chi connectivity index (χ3n) is 4.27. The van der Waals surface area contributed by atoms with Gasteiger partial charge in [-0.15, -0.1) is 11.3 Å². The molecular weight excluding hydrogens is 341 g/mol. The number of piperazine rings is 1. The molecule has 0 aliphatic carbocycles. The van der Waals surface area contributed by atoms with E-state index in [2.05, 4.69) is 5.32 Å². The summed E-state index contributed by atoms with van der Waals surface area (Å²) in [6.45, 7) is 3.89. The standard InChI is InChI=1S/C18H20FN3O2S/c1-13-4-5-14(11-15(13)19)20-12-17(23)21-6-8-22(9-7-21)18(24)16-3-2-10-25-16/h2-5,10-11,20H,6-9,12H2,1H3. The fourth-order valence-corrected chi connectivity index (χ4v) is 3.40. The number of anilines is 1. The highest BCUT2D eigenvalue weighted by molar-refractivity contribution is 7.12. The van der Waals surface area contributed by atoms with Crippen LogP contribution in [0.25, 0.3) is 0 Å². The Morgan fingerprint density at radius 3 is 2.52 bits per heavy atom. The Bertz CT molecular complexity index is 756. The average Bonchev–Trinajstić information content (AvgIpc) is 3.16. The predicted octanol–water partition coefficient (Wildman–Crippen LogP) is 2.59. The molecule has 132 valence electrons. The minimum absolute atomic E-state index is 0.0235. The minimum Gasteiger partial charge on any atom is -0.376 e. The van der Waals surface area contributed by atoms with Gasteiger partial charge in [0.1, 0.15) is 5.82 Å². The summed E-state index contributed by atoms with van der Waals surface area (Å²) >= 11 is 1.43. The smallest absolute Gasteiger partial charge is 0.264 e. The van der Waals surface area contributed by atoms with Crippen LogP contribution in [0.4, 0.5) is 10.1 Å². The van der Waals surface area contributed by atoms with Crippen LogP contribution < -0.4 is 5.32 Å². The SMILES string of the molecule is Cc1ccc(NCC(=O)N2CCN(C(=O)c3cccs3)CC2)cc1F. The number of aryl methyl sites for hydroxylation is 1. The fraction of sp³-hybridized carbons (Fsp3) is 0.333. The van der Waals surface area contributed by atoms with Crippen LogP contribution in [0.2, 0.25) is 0 Å². The molecule has 2 heterocycles. The molecule has 0 unspecified atom stereocenters. The van der Waals surface area contributed by atoms with E-state index in [4.69, 9.17) is 0 Å². The topological polar surface area (TPSA) is 52.7 Å². The number of nitrogens with one attached hydrogen (secondary N) is 1. The first kappa shape index (κ1) is 17.4. The first-order valence-corrected chi connectivity index (χ1v) is 9.03. The quantitative estimate of drug-likeness (QED) is 0.911. The number of carbonyl (C=O) groups is 2. The van der Waals surface area contributed by atoms with Crippen LogP contribution in [0, 0.1) is 12.7 Å². The number of hydrogen-bond acceptors (Lipinski definition) is 4. The van der Waals surface area contributed by atoms with Crippen LogP contribution in [-0.2, 0) is 4.79 Å². The maximum Gasteiger partial charge on any atom is 0.264 e. The Kier molecular flexibility index (Phi) is 5.33. The molecule has 25 heavy (non-hydrogen) atoms. The minimum atomic E-state index is -0.293. The monoisotopic (exact) mass is 361 g/mol. The van der Waals surface area contributed by atoms with E-state index >= 15 is 0 Å². The second kappa shape index (κ2) is 7.65. The maximum atomic E-state index is 13.5. The van der Waals surface area contributed by atoms with E-state index in [1.165, 1.54) is 17.4 Å². The number of benzene rings is 1. The molecule has 2 amide bonds. The zero-order chi connectivity index (χ0) is 17.8. The highest BCUT2D eigenvalue weighted by Gasteiger charge is 2.25. The van der Waals surface area contributed by atoms with Crippen LogP contribution in [-0.4, -0.2) is 54.3 Å². The van der Waals surface area contributed by atoms with Crippen molar-refractivity contribution >= 4 is 28.8 Å². The summed E-state index contributed by atoms with van der Waals surface area (Å²) in [5.41, 5.74) is 1.16. The van der Waals surface area contributed by atoms with Crippen molar-refractivity contribution in [3.8, 4) is 0 Å². The third-order valence-corrected chi connectivity index (χ3v) is 5.12. The first-order chi connectivity index (χ1) is 12.0. The van der Waals surface area contributed by atoms with Crippen LogP contribution in [0.3, 0.4) is 0 Å². The third kappa shape index (κ3) is 4.17. The predicted molar refractivity (Wildman–Crippen MR) is 96.4 cm³/mol. The van der Waals surface area contributed by atoms with E-state index < -0.39 is 0 Å². The number of hydrogen-bond donors (Lipinski definition) is 1. The van der Waals surface area contributed by atoms with Gasteiger partial charge in [-0.2, -0.15) is 0 Å². The van der Waals surface area contributed by atoms with Crippen molar-refractivity contribution in [1.29, 1.82) is 0 Å². The first-order valence-electron chi connectivity index (χ1n) is 8.15. The Morgan fingerprint density at radius 2 is 1.88 bits per heavy atom. The van der Waals surface area contributed by atoms with E-state index in [1.807, 2.05) is 17.5 Å². The Morgan fingerprint density at radius 1 is 1.16 bits per heavy atom. The van der Waals surface area contributed by atoms with E-state index in [0.29, 0.717) is 37.4 Å². The summed E-state index contributed by atoms with van der Waals surface area (Å²) in [6.07, 6.45) is 0. The molecule has 1 aromatic heterocycles. The van der Waals surface area contributed by atoms with Crippen LogP contribution in [0.15, 0.2) is 35.7 Å². The highest BCUT2D eigenvalue weighted by Crippen LogP contribution is 2.15. The van der Waals surface area contributed by atoms with Crippen LogP contribution in [0.1, 0.15) is 15.2 Å². The second-order valence-corrected chi connectivity index (χ2v) is 6.92. The van der Waals surface area contributed by atoms with Gasteiger partial charge in [-0.05, 0) is 36.1 Å². The van der Waals surface area contributed by atoms with E-state index in [1.54, 1.807) is 28.9 Å². The molecular formula is C18H20FN3O2S. The van der Waals surface area contributed by atoms with Gasteiger partial charge in [0, 0.05) is 31.9 Å². The molecule has 7 heteroatoms. The highest BCUT2D eigenvalue weighted by atomic mass is 32.1. The number of thiophene rings is 1. The van der Waals surface area contributed by atoms with Gasteiger partial charge in [0.05, 0.1) is 11.4 Å². The van der Waals surface area contributed by atoms with Gasteiger partial charge in [-0.3, -0.25) is 9.59 Å². The van der Waals surface area contributed by atoms with Gasteiger partial charge in [0.15, 0.2) is 0 Å². The lowest BCUT2D eigenvalue weighted by Gasteiger charge is -2.34. The number of nitrogens with zero attached hydrogens (tertiary/aromatic N) is 2. The normalized spacial score (nSPS) is 14.5. The lowest BCUT2D eigenvalue weighted by molar-refractivity contribution is -0.130. The Balaban J connectivity index is 1.48. The molecule has 1 fully saturated rings. The molecule has 0 saturated carbocycles. The lowest BCUT2D eigenvalue weighted by Crippen LogP contribution is -2.51. The van der Waals surface area contributed by atoms with Gasteiger partial charge >= 0.3 is 0 Å². The summed E-state index contributed by atoms with van der Waals surface area (Å²) in [4.78, 5) is 28.8. The molecule has 1 aromatic carbocycles. The molecule has 2 aromatic rings. The summed E-state index contributed by atoms with van der Waals surface area (Å²) in [5.74, 6) is -0.322. The lowest BCUT2D eigenvalue weighted by atomic mass is 10.2. The maximum absolute atomic E-state index is 13.5. The number of carbonyl (C=O) groups excluding carboxylic acids is 2. The van der Waals surface area contributed by atoms with Gasteiger partial charge in [0.2, 0.25) is 5.91 Å². The molecule has 1 saturated heterocycles. The van der Waals surface area contributed by atoms with E-state index in [0.717, 1.165) is 4.88 Å². The largest absolute Gasteiger partial charge is 0.376 e.